The predicted octanol–water partition coefficient (Wildman–Crippen LogP) is 5.99. The number of hydrogen-bond acceptors (Lipinski definition) is 3. The number of fused-ring (bicyclic) bond motifs is 1. The summed E-state index contributed by atoms with van der Waals surface area (Å²) in [6.45, 7) is 0.817. The minimum Gasteiger partial charge on any atom is -0.451 e. The third kappa shape index (κ3) is 4.20. The number of likely N-dealkylation sites (tertiary alicyclic amines) is 1. The van der Waals surface area contributed by atoms with Crippen molar-refractivity contribution >= 4 is 17.5 Å². The Bertz CT molecular complexity index is 1100. The van der Waals surface area contributed by atoms with Crippen molar-refractivity contribution in [3.63, 3.8) is 0 Å². The molecular formula is C27H28N2O3. The summed E-state index contributed by atoms with van der Waals surface area (Å²) in [5.41, 5.74) is 2.11. The van der Waals surface area contributed by atoms with E-state index in [9.17, 15) is 9.59 Å². The quantitative estimate of drug-likeness (QED) is 0.555. The number of rotatable bonds is 4. The molecule has 0 bridgehead atoms. The highest BCUT2D eigenvalue weighted by molar-refractivity contribution is 6.04. The van der Waals surface area contributed by atoms with Crippen LogP contribution in [-0.2, 0) is 0 Å². The molecule has 2 aliphatic rings. The number of piperidine rings is 1. The van der Waals surface area contributed by atoms with Crippen molar-refractivity contribution in [1.29, 1.82) is 0 Å². The van der Waals surface area contributed by atoms with Crippen LogP contribution in [0.25, 0.3) is 11.3 Å². The highest BCUT2D eigenvalue weighted by atomic mass is 16.4. The minimum absolute atomic E-state index is 0.00128. The van der Waals surface area contributed by atoms with Crippen LogP contribution in [0.1, 0.15) is 59.4 Å². The standard InChI is InChI=1S/C27H28N2O3/c30-26(20-9-2-1-3-10-20)28-22-13-6-11-21(18-22)24-15-16-25(32-24)27(31)29-17-7-12-19-8-4-5-14-23(19)29/h1-3,6,9-11,13,15-16,18-19,23H,4-5,7-8,12,14,17H2,(H,28,30)/t19?,23-/m0/s1. The van der Waals surface area contributed by atoms with Gasteiger partial charge in [-0.2, -0.15) is 0 Å². The molecular weight excluding hydrogens is 400 g/mol. The first-order valence-corrected chi connectivity index (χ1v) is 11.6. The monoisotopic (exact) mass is 428 g/mol. The van der Waals surface area contributed by atoms with E-state index >= 15 is 0 Å². The Labute approximate surface area is 188 Å². The molecule has 1 saturated carbocycles. The SMILES string of the molecule is O=C(Nc1cccc(-c2ccc(C(=O)N3CCCC4CCCC[C@@H]43)o2)c1)c1ccccc1. The summed E-state index contributed by atoms with van der Waals surface area (Å²) >= 11 is 0. The minimum atomic E-state index is -0.162. The summed E-state index contributed by atoms with van der Waals surface area (Å²) in [7, 11) is 0. The van der Waals surface area contributed by atoms with Gasteiger partial charge in [-0.05, 0) is 68.0 Å². The van der Waals surface area contributed by atoms with E-state index in [1.165, 1.54) is 25.7 Å². The molecule has 5 heteroatoms. The van der Waals surface area contributed by atoms with Gasteiger partial charge in [0.05, 0.1) is 0 Å². The number of nitrogens with zero attached hydrogens (tertiary/aromatic N) is 1. The number of anilines is 1. The van der Waals surface area contributed by atoms with Crippen LogP contribution in [0.3, 0.4) is 0 Å². The van der Waals surface area contributed by atoms with Gasteiger partial charge in [0, 0.05) is 29.4 Å². The van der Waals surface area contributed by atoms with E-state index in [0.29, 0.717) is 34.7 Å². The lowest BCUT2D eigenvalue weighted by atomic mass is 9.78. The van der Waals surface area contributed by atoms with Gasteiger partial charge in [-0.3, -0.25) is 9.59 Å². The first kappa shape index (κ1) is 20.6. The maximum atomic E-state index is 13.2. The van der Waals surface area contributed by atoms with Crippen LogP contribution >= 0.6 is 0 Å². The van der Waals surface area contributed by atoms with Crippen molar-refractivity contribution < 1.29 is 14.0 Å². The summed E-state index contributed by atoms with van der Waals surface area (Å²) < 4.78 is 6.01. The average molecular weight is 429 g/mol. The van der Waals surface area contributed by atoms with Gasteiger partial charge in [0.25, 0.3) is 11.8 Å². The van der Waals surface area contributed by atoms with Crippen LogP contribution in [0, 0.1) is 5.92 Å². The van der Waals surface area contributed by atoms with Gasteiger partial charge < -0.3 is 14.6 Å². The normalized spacial score (nSPS) is 20.4. The molecule has 1 saturated heterocycles. The van der Waals surface area contributed by atoms with Crippen LogP contribution in [0.2, 0.25) is 0 Å². The van der Waals surface area contributed by atoms with E-state index in [-0.39, 0.29) is 11.8 Å². The van der Waals surface area contributed by atoms with Crippen LogP contribution in [-0.4, -0.2) is 29.3 Å². The second-order valence-electron chi connectivity index (χ2n) is 8.82. The lowest BCUT2D eigenvalue weighted by Crippen LogP contribution is -2.49. The topological polar surface area (TPSA) is 62.6 Å². The predicted molar refractivity (Wildman–Crippen MR) is 125 cm³/mol. The van der Waals surface area contributed by atoms with Gasteiger partial charge in [0.2, 0.25) is 0 Å². The number of amides is 2. The molecule has 5 nitrogen and oxygen atoms in total. The van der Waals surface area contributed by atoms with E-state index in [1.807, 2.05) is 53.4 Å². The highest BCUT2D eigenvalue weighted by Crippen LogP contribution is 2.36. The molecule has 1 aliphatic carbocycles. The van der Waals surface area contributed by atoms with E-state index in [1.54, 1.807) is 18.2 Å². The van der Waals surface area contributed by atoms with Crippen LogP contribution in [0.4, 0.5) is 5.69 Å². The molecule has 5 rings (SSSR count). The van der Waals surface area contributed by atoms with Crippen molar-refractivity contribution in [2.24, 2.45) is 5.92 Å². The summed E-state index contributed by atoms with van der Waals surface area (Å²) in [6.07, 6.45) is 7.14. The molecule has 0 radical (unpaired) electrons. The molecule has 2 heterocycles. The van der Waals surface area contributed by atoms with E-state index in [4.69, 9.17) is 4.42 Å². The smallest absolute Gasteiger partial charge is 0.289 e. The Hall–Kier alpha value is -3.34. The molecule has 1 N–H and O–H groups in total. The van der Waals surface area contributed by atoms with E-state index in [0.717, 1.165) is 24.9 Å². The molecule has 164 valence electrons. The third-order valence-corrected chi connectivity index (χ3v) is 6.76. The zero-order chi connectivity index (χ0) is 21.9. The largest absolute Gasteiger partial charge is 0.451 e. The molecule has 2 atom stereocenters. The van der Waals surface area contributed by atoms with Gasteiger partial charge >= 0.3 is 0 Å². The maximum absolute atomic E-state index is 13.2. The summed E-state index contributed by atoms with van der Waals surface area (Å²) in [4.78, 5) is 27.8. The molecule has 1 aromatic heterocycles. The van der Waals surface area contributed by atoms with Gasteiger partial charge in [0.1, 0.15) is 5.76 Å². The number of furan rings is 1. The Balaban J connectivity index is 1.32. The zero-order valence-corrected chi connectivity index (χ0v) is 18.1. The Morgan fingerprint density at radius 1 is 0.875 bits per heavy atom. The second-order valence-corrected chi connectivity index (χ2v) is 8.82. The van der Waals surface area contributed by atoms with Gasteiger partial charge in [-0.15, -0.1) is 0 Å². The molecule has 3 aromatic rings. The Morgan fingerprint density at radius 2 is 1.69 bits per heavy atom. The molecule has 1 unspecified atom stereocenters. The number of carbonyl (C=O) groups excluding carboxylic acids is 2. The van der Waals surface area contributed by atoms with E-state index < -0.39 is 0 Å². The lowest BCUT2D eigenvalue weighted by Gasteiger charge is -2.43. The number of carbonyl (C=O) groups is 2. The fraction of sp³-hybridized carbons (Fsp3) is 0.333. The molecule has 0 spiro atoms. The summed E-state index contributed by atoms with van der Waals surface area (Å²) in [6, 6.07) is 20.6. The zero-order valence-electron chi connectivity index (χ0n) is 18.1. The summed E-state index contributed by atoms with van der Waals surface area (Å²) in [5.74, 6) is 1.50. The summed E-state index contributed by atoms with van der Waals surface area (Å²) in [5, 5.41) is 2.92. The second kappa shape index (κ2) is 9.03. The van der Waals surface area contributed by atoms with Crippen molar-refractivity contribution in [3.8, 4) is 11.3 Å². The van der Waals surface area contributed by atoms with Crippen LogP contribution in [0.5, 0.6) is 0 Å². The molecule has 32 heavy (non-hydrogen) atoms. The maximum Gasteiger partial charge on any atom is 0.289 e. The fourth-order valence-corrected chi connectivity index (χ4v) is 5.17. The lowest BCUT2D eigenvalue weighted by molar-refractivity contribution is 0.0363. The van der Waals surface area contributed by atoms with Crippen molar-refractivity contribution in [2.75, 3.05) is 11.9 Å². The highest BCUT2D eigenvalue weighted by Gasteiger charge is 2.36. The van der Waals surface area contributed by atoms with Crippen molar-refractivity contribution in [2.45, 2.75) is 44.6 Å². The number of benzene rings is 2. The number of hydrogen-bond donors (Lipinski definition) is 1. The van der Waals surface area contributed by atoms with Gasteiger partial charge in [-0.1, -0.05) is 43.2 Å². The molecule has 2 fully saturated rings. The third-order valence-electron chi connectivity index (χ3n) is 6.76. The first-order chi connectivity index (χ1) is 15.7. The molecule has 2 aromatic carbocycles. The molecule has 2 amide bonds. The van der Waals surface area contributed by atoms with Gasteiger partial charge in [0.15, 0.2) is 5.76 Å². The number of nitrogens with one attached hydrogen (secondary N) is 1. The average Bonchev–Trinajstić information content (AvgIpc) is 3.34. The first-order valence-electron chi connectivity index (χ1n) is 11.6. The Kier molecular flexibility index (Phi) is 5.80. The Morgan fingerprint density at radius 3 is 2.56 bits per heavy atom. The molecule has 1 aliphatic heterocycles. The van der Waals surface area contributed by atoms with E-state index in [2.05, 4.69) is 5.32 Å². The van der Waals surface area contributed by atoms with Crippen molar-refractivity contribution in [3.05, 3.63) is 78.1 Å². The van der Waals surface area contributed by atoms with Gasteiger partial charge in [-0.25, -0.2) is 0 Å². The van der Waals surface area contributed by atoms with Crippen LogP contribution in [0.15, 0.2) is 71.1 Å². The fourth-order valence-electron chi connectivity index (χ4n) is 5.17. The van der Waals surface area contributed by atoms with Crippen molar-refractivity contribution in [1.82, 2.24) is 4.90 Å². The van der Waals surface area contributed by atoms with Crippen LogP contribution < -0.4 is 5.32 Å².